The smallest absolute Gasteiger partial charge is 0.410 e. The second-order valence-corrected chi connectivity index (χ2v) is 17.5. The number of hydrogen-bond donors (Lipinski definition) is 3. The molecule has 0 radical (unpaired) electrons. The van der Waals surface area contributed by atoms with Crippen LogP contribution in [0.2, 0.25) is 18.1 Å². The number of ether oxygens (including phenoxy) is 2. The highest BCUT2D eigenvalue weighted by molar-refractivity contribution is 6.74. The van der Waals surface area contributed by atoms with Crippen LogP contribution < -0.4 is 0 Å². The summed E-state index contributed by atoms with van der Waals surface area (Å²) in [4.78, 5) is 49.2. The Morgan fingerprint density at radius 2 is 1.18 bits per heavy atom. The van der Waals surface area contributed by atoms with Gasteiger partial charge in [0.25, 0.3) is 0 Å². The molecule has 0 spiro atoms. The van der Waals surface area contributed by atoms with E-state index in [-0.39, 0.29) is 43.9 Å². The summed E-state index contributed by atoms with van der Waals surface area (Å²) < 4.78 is 16.7. The predicted octanol–water partition coefficient (Wildman–Crippen LogP) is 4.72. The minimum atomic E-state index is -2.04. The fourth-order valence-electron chi connectivity index (χ4n) is 4.77. The average Bonchev–Trinajstić information content (AvgIpc) is 3.59. The normalized spacial score (nSPS) is 21.5. The van der Waals surface area contributed by atoms with Gasteiger partial charge >= 0.3 is 24.1 Å². The molecule has 2 fully saturated rings. The number of carboxylic acids is 2. The quantitative estimate of drug-likeness (QED) is 0.343. The summed E-state index contributed by atoms with van der Waals surface area (Å²) in [6.45, 7) is 11.1. The van der Waals surface area contributed by atoms with E-state index in [9.17, 15) is 29.4 Å². The summed E-state index contributed by atoms with van der Waals surface area (Å²) in [6, 6.07) is 16.5. The second kappa shape index (κ2) is 15.4. The van der Waals surface area contributed by atoms with Crippen LogP contribution in [0.5, 0.6) is 0 Å². The van der Waals surface area contributed by atoms with Gasteiger partial charge in [0.1, 0.15) is 25.3 Å². The Morgan fingerprint density at radius 1 is 0.756 bits per heavy atom. The predicted molar refractivity (Wildman–Crippen MR) is 167 cm³/mol. The highest BCUT2D eigenvalue weighted by Crippen LogP contribution is 2.39. The molecule has 45 heavy (non-hydrogen) atoms. The highest BCUT2D eigenvalue weighted by atomic mass is 28.4. The maximum Gasteiger partial charge on any atom is 0.410 e. The maximum absolute atomic E-state index is 12.4. The summed E-state index contributed by atoms with van der Waals surface area (Å²) in [7, 11) is -2.04. The number of carboxylic acid groups (broad SMARTS) is 2. The van der Waals surface area contributed by atoms with E-state index in [0.29, 0.717) is 6.42 Å². The third kappa shape index (κ3) is 10.0. The minimum absolute atomic E-state index is 0.00934. The van der Waals surface area contributed by atoms with Crippen molar-refractivity contribution in [2.75, 3.05) is 13.1 Å². The number of β-amino-alcohol motifs (C(OH)–C–C–N with tert-alkyl or cyclic N) is 1. The van der Waals surface area contributed by atoms with Crippen molar-refractivity contribution < 1.29 is 48.4 Å². The third-order valence-electron chi connectivity index (χ3n) is 8.26. The van der Waals surface area contributed by atoms with Crippen LogP contribution in [0.4, 0.5) is 9.59 Å². The van der Waals surface area contributed by atoms with Crippen molar-refractivity contribution in [2.24, 2.45) is 0 Å². The van der Waals surface area contributed by atoms with Crippen LogP contribution in [0, 0.1) is 0 Å². The summed E-state index contributed by atoms with van der Waals surface area (Å²) in [6.07, 6.45) is -2.08. The van der Waals surface area contributed by atoms with Crippen LogP contribution in [0.25, 0.3) is 0 Å². The summed E-state index contributed by atoms with van der Waals surface area (Å²) in [5, 5.41) is 27.9. The van der Waals surface area contributed by atoms with E-state index in [4.69, 9.17) is 19.0 Å². The Kier molecular flexibility index (Phi) is 12.1. The third-order valence-corrected chi connectivity index (χ3v) is 12.8. The molecule has 12 nitrogen and oxygen atoms in total. The van der Waals surface area contributed by atoms with Crippen LogP contribution in [-0.2, 0) is 36.7 Å². The largest absolute Gasteiger partial charge is 0.480 e. The first-order valence-corrected chi connectivity index (χ1v) is 17.8. The van der Waals surface area contributed by atoms with E-state index in [1.165, 1.54) is 4.90 Å². The van der Waals surface area contributed by atoms with Gasteiger partial charge in [-0.15, -0.1) is 0 Å². The fraction of sp³-hybridized carbons (Fsp3) is 0.500. The molecule has 4 rings (SSSR count). The van der Waals surface area contributed by atoms with E-state index in [1.54, 1.807) is 12.1 Å². The Hall–Kier alpha value is -3.94. The molecule has 2 aromatic rings. The van der Waals surface area contributed by atoms with Gasteiger partial charge in [0, 0.05) is 19.4 Å². The van der Waals surface area contributed by atoms with Crippen molar-refractivity contribution in [3.8, 4) is 0 Å². The van der Waals surface area contributed by atoms with E-state index >= 15 is 0 Å². The van der Waals surface area contributed by atoms with Gasteiger partial charge in [-0.05, 0) is 29.3 Å². The highest BCUT2D eigenvalue weighted by Gasteiger charge is 2.46. The molecule has 2 aliphatic rings. The van der Waals surface area contributed by atoms with E-state index in [0.717, 1.165) is 16.0 Å². The second-order valence-electron chi connectivity index (χ2n) is 12.7. The monoisotopic (exact) mass is 644 g/mol. The number of hydrogen-bond acceptors (Lipinski definition) is 8. The zero-order valence-corrected chi connectivity index (χ0v) is 27.4. The standard InChI is InChI=1S/C19H29NO5Si.C13H15NO5/c1-19(2,3)26(4,5)25-15-11-16(17(21)22)20(12-15)18(23)24-13-14-9-7-6-8-10-14;15-10-6-11(12(16)17)14(7-10)13(18)19-8-9-4-2-1-3-5-9/h6-10,15-16H,11-13H2,1-5H3,(H,21,22);1-5,10-11,15H,6-8H2,(H,16,17)/t15-,16+;10-,11+/m11/s1. The lowest BCUT2D eigenvalue weighted by atomic mass is 10.2. The SMILES string of the molecule is CC(C)(C)[Si](C)(C)O[C@@H]1C[C@@H](C(=O)O)N(C(=O)OCc2ccccc2)C1.O=C(O)[C@@H]1C[C@@H](O)CN1C(=O)OCc1ccccc1. The molecule has 2 aromatic carbocycles. The number of carbonyl (C=O) groups excluding carboxylic acids is 2. The molecule has 2 heterocycles. The van der Waals surface area contributed by atoms with Gasteiger partial charge in [-0.3, -0.25) is 9.80 Å². The molecule has 2 aliphatic heterocycles. The van der Waals surface area contributed by atoms with Crippen LogP contribution in [0.15, 0.2) is 60.7 Å². The van der Waals surface area contributed by atoms with Crippen molar-refractivity contribution in [3.05, 3.63) is 71.8 Å². The first-order chi connectivity index (χ1) is 21.1. The molecular formula is C32H44N2O10Si. The van der Waals surface area contributed by atoms with Crippen LogP contribution in [-0.4, -0.2) is 94.9 Å². The lowest BCUT2D eigenvalue weighted by Gasteiger charge is -2.38. The number of rotatable bonds is 8. The van der Waals surface area contributed by atoms with Gasteiger partial charge in [-0.25, -0.2) is 19.2 Å². The zero-order chi connectivity index (χ0) is 33.4. The lowest BCUT2D eigenvalue weighted by molar-refractivity contribution is -0.142. The van der Waals surface area contributed by atoms with Gasteiger partial charge in [-0.2, -0.15) is 0 Å². The molecule has 246 valence electrons. The molecule has 0 aromatic heterocycles. The van der Waals surface area contributed by atoms with E-state index in [1.807, 2.05) is 48.5 Å². The van der Waals surface area contributed by atoms with Crippen LogP contribution in [0.3, 0.4) is 0 Å². The molecule has 0 saturated carbocycles. The number of nitrogens with zero attached hydrogens (tertiary/aromatic N) is 2. The molecule has 0 unspecified atom stereocenters. The Bertz CT molecular complexity index is 1300. The zero-order valence-electron chi connectivity index (χ0n) is 26.4. The molecule has 0 bridgehead atoms. The number of carbonyl (C=O) groups is 4. The van der Waals surface area contributed by atoms with Gasteiger partial charge in [0.15, 0.2) is 8.32 Å². The first kappa shape index (κ1) is 35.5. The Labute approximate surface area is 264 Å². The van der Waals surface area contributed by atoms with Gasteiger partial charge in [0.05, 0.1) is 18.8 Å². The molecule has 0 aliphatic carbocycles. The van der Waals surface area contributed by atoms with Crippen molar-refractivity contribution in [3.63, 3.8) is 0 Å². The van der Waals surface area contributed by atoms with E-state index < -0.39 is 50.6 Å². The van der Waals surface area contributed by atoms with Gasteiger partial charge in [-0.1, -0.05) is 81.4 Å². The molecule has 2 saturated heterocycles. The number of amides is 2. The molecule has 3 N–H and O–H groups in total. The Morgan fingerprint density at radius 3 is 1.60 bits per heavy atom. The van der Waals surface area contributed by atoms with Crippen molar-refractivity contribution in [1.29, 1.82) is 0 Å². The van der Waals surface area contributed by atoms with Crippen molar-refractivity contribution >= 4 is 32.4 Å². The molecular weight excluding hydrogens is 600 g/mol. The number of likely N-dealkylation sites (tertiary alicyclic amines) is 2. The minimum Gasteiger partial charge on any atom is -0.480 e. The number of aliphatic hydroxyl groups excluding tert-OH is 1. The number of aliphatic carboxylic acids is 2. The van der Waals surface area contributed by atoms with Crippen molar-refractivity contribution in [2.45, 2.75) is 89.3 Å². The summed E-state index contributed by atoms with van der Waals surface area (Å²) in [5.74, 6) is -2.16. The fourth-order valence-corrected chi connectivity index (χ4v) is 6.12. The average molecular weight is 645 g/mol. The summed E-state index contributed by atoms with van der Waals surface area (Å²) >= 11 is 0. The first-order valence-electron chi connectivity index (χ1n) is 14.8. The molecule has 4 atom stereocenters. The maximum atomic E-state index is 12.4. The number of benzene rings is 2. The van der Waals surface area contributed by atoms with Crippen molar-refractivity contribution in [1.82, 2.24) is 9.80 Å². The van der Waals surface area contributed by atoms with Gasteiger partial charge in [0.2, 0.25) is 0 Å². The molecule has 13 heteroatoms. The lowest BCUT2D eigenvalue weighted by Crippen LogP contribution is -2.45. The Balaban J connectivity index is 0.000000257. The topological polar surface area (TPSA) is 163 Å². The number of aliphatic hydroxyl groups is 1. The molecule has 2 amide bonds. The van der Waals surface area contributed by atoms with Gasteiger partial charge < -0.3 is 29.2 Å². The van der Waals surface area contributed by atoms with Crippen LogP contribution >= 0.6 is 0 Å². The summed E-state index contributed by atoms with van der Waals surface area (Å²) in [5.41, 5.74) is 1.68. The van der Waals surface area contributed by atoms with E-state index in [2.05, 4.69) is 33.9 Å². The van der Waals surface area contributed by atoms with Crippen LogP contribution in [0.1, 0.15) is 44.7 Å².